The number of aryl methyl sites for hydroxylation is 2. The quantitative estimate of drug-likeness (QED) is 0.0717. The highest BCUT2D eigenvalue weighted by Gasteiger charge is 2.57. The van der Waals surface area contributed by atoms with Crippen LogP contribution in [0.1, 0.15) is 42.5 Å². The van der Waals surface area contributed by atoms with Crippen LogP contribution in [0.4, 0.5) is 0 Å². The van der Waals surface area contributed by atoms with E-state index in [1.54, 1.807) is 28.3 Å². The van der Waals surface area contributed by atoms with E-state index in [-0.39, 0.29) is 21.0 Å². The van der Waals surface area contributed by atoms with Crippen molar-refractivity contribution in [2.75, 3.05) is 55.6 Å². The molecule has 0 radical (unpaired) electrons. The number of methoxy groups -OCH3 is 2. The van der Waals surface area contributed by atoms with Crippen LogP contribution < -0.4 is 20.1 Å². The Morgan fingerprint density at radius 3 is 1.17 bits per heavy atom. The van der Waals surface area contributed by atoms with Gasteiger partial charge >= 0.3 is 0 Å². The van der Waals surface area contributed by atoms with Gasteiger partial charge in [-0.25, -0.2) is 0 Å². The van der Waals surface area contributed by atoms with E-state index in [2.05, 4.69) is 104 Å². The van der Waals surface area contributed by atoms with E-state index in [1.165, 1.54) is 70.9 Å². The number of carbonyl (C=O) groups excluding carboxylic acids is 4. The highest BCUT2D eigenvalue weighted by atomic mass is 127. The van der Waals surface area contributed by atoms with Crippen LogP contribution in [0.15, 0.2) is 97.1 Å². The molecule has 4 N–H and O–H groups in total. The lowest BCUT2D eigenvalue weighted by atomic mass is 10.00. The van der Waals surface area contributed by atoms with Crippen LogP contribution in [0.25, 0.3) is 0 Å². The number of rotatable bonds is 15. The second kappa shape index (κ2) is 21.4. The summed E-state index contributed by atoms with van der Waals surface area (Å²) in [5, 5.41) is 26.7. The highest BCUT2D eigenvalue weighted by molar-refractivity contribution is 14.1. The number of carbonyl (C=O) groups is 4. The molecule has 342 valence electrons. The van der Waals surface area contributed by atoms with E-state index >= 15 is 0 Å². The van der Waals surface area contributed by atoms with Gasteiger partial charge in [-0.15, -0.1) is 47.0 Å². The summed E-state index contributed by atoms with van der Waals surface area (Å²) >= 11 is 9.91. The minimum Gasteiger partial charge on any atom is -0.497 e. The predicted molar refractivity (Wildman–Crippen MR) is 276 cm³/mol. The molecule has 0 spiro atoms. The van der Waals surface area contributed by atoms with Gasteiger partial charge in [0.15, 0.2) is 15.2 Å². The number of nitrogens with zero attached hydrogens (tertiary/aromatic N) is 2. The zero-order valence-corrected chi connectivity index (χ0v) is 43.8. The van der Waals surface area contributed by atoms with Gasteiger partial charge in [-0.3, -0.25) is 19.2 Å². The summed E-state index contributed by atoms with van der Waals surface area (Å²) in [5.41, 5.74) is 6.00. The Bertz CT molecular complexity index is 2140. The van der Waals surface area contributed by atoms with E-state index in [4.69, 9.17) is 9.47 Å². The van der Waals surface area contributed by atoms with Crippen molar-refractivity contribution in [3.8, 4) is 11.5 Å². The second-order valence-corrected chi connectivity index (χ2v) is 26.7. The fourth-order valence-corrected chi connectivity index (χ4v) is 18.6. The average molecular weight is 1170 g/mol. The molecule has 2 aliphatic rings. The van der Waals surface area contributed by atoms with E-state index in [1.807, 2.05) is 48.5 Å². The maximum atomic E-state index is 14.4. The molecule has 6 rings (SSSR count). The van der Waals surface area contributed by atoms with Crippen LogP contribution >= 0.6 is 92.2 Å². The average Bonchev–Trinajstić information content (AvgIpc) is 3.46. The van der Waals surface area contributed by atoms with Gasteiger partial charge in [-0.05, 0) is 70.5 Å². The molecular formula is C46H52I2N4O8S4. The Hall–Kier alpha value is -2.86. The zero-order chi connectivity index (χ0) is 46.5. The molecule has 4 amide bonds. The number of aliphatic hydroxyl groups is 2. The minimum absolute atomic E-state index is 0.257. The van der Waals surface area contributed by atoms with Crippen LogP contribution in [0.3, 0.4) is 0 Å². The van der Waals surface area contributed by atoms with Gasteiger partial charge in [-0.2, -0.15) is 0 Å². The molecule has 12 nitrogen and oxygen atoms in total. The fourth-order valence-electron chi connectivity index (χ4n) is 7.55. The minimum atomic E-state index is -1.53. The Labute approximate surface area is 419 Å². The molecule has 4 aromatic carbocycles. The van der Waals surface area contributed by atoms with Crippen molar-refractivity contribution in [1.29, 1.82) is 0 Å². The third-order valence-corrected chi connectivity index (χ3v) is 21.2. The van der Waals surface area contributed by atoms with Crippen molar-refractivity contribution in [2.24, 2.45) is 0 Å². The first-order chi connectivity index (χ1) is 30.5. The molecule has 2 saturated heterocycles. The van der Waals surface area contributed by atoms with Crippen LogP contribution in [0.2, 0.25) is 0 Å². The molecule has 0 aromatic heterocycles. The summed E-state index contributed by atoms with van der Waals surface area (Å²) in [6.07, 6.45) is 2.36. The smallest absolute Gasteiger partial charge is 0.258 e. The number of amides is 4. The largest absolute Gasteiger partial charge is 0.497 e. The van der Waals surface area contributed by atoms with Crippen molar-refractivity contribution in [3.05, 3.63) is 130 Å². The van der Waals surface area contributed by atoms with Crippen molar-refractivity contribution in [1.82, 2.24) is 20.4 Å². The van der Waals surface area contributed by atoms with Gasteiger partial charge in [0.25, 0.3) is 23.6 Å². The van der Waals surface area contributed by atoms with Crippen LogP contribution in [0, 0.1) is 0 Å². The van der Waals surface area contributed by atoms with E-state index < -0.39 is 40.3 Å². The van der Waals surface area contributed by atoms with Crippen LogP contribution in [-0.2, 0) is 44.9 Å². The van der Waals surface area contributed by atoms with Gasteiger partial charge < -0.3 is 40.1 Å². The number of nitrogens with one attached hydrogen (secondary N) is 2. The summed E-state index contributed by atoms with van der Waals surface area (Å²) in [4.78, 5) is 55.3. The van der Waals surface area contributed by atoms with Crippen molar-refractivity contribution in [3.63, 3.8) is 0 Å². The van der Waals surface area contributed by atoms with Gasteiger partial charge in [0, 0.05) is 41.0 Å². The normalized spacial score (nSPS) is 26.2. The molecule has 2 fully saturated rings. The number of halogens is 2. The molecule has 0 aliphatic carbocycles. The van der Waals surface area contributed by atoms with Gasteiger partial charge in [-0.1, -0.05) is 118 Å². The van der Waals surface area contributed by atoms with Gasteiger partial charge in [0.2, 0.25) is 0 Å². The molecule has 4 aromatic rings. The van der Waals surface area contributed by atoms with Crippen molar-refractivity contribution in [2.45, 2.75) is 50.1 Å². The number of alkyl halides is 2. The molecule has 0 saturated carbocycles. The molecule has 6 atom stereocenters. The number of benzene rings is 4. The lowest BCUT2D eigenvalue weighted by Crippen LogP contribution is -2.60. The summed E-state index contributed by atoms with van der Waals surface area (Å²) in [6.45, 7) is -1.10. The number of aliphatic hydroxyl groups excluding tert-OH is 2. The fraction of sp³-hybridized carbons (Fsp3) is 0.391. The zero-order valence-electron chi connectivity index (χ0n) is 36.3. The molecule has 18 heteroatoms. The summed E-state index contributed by atoms with van der Waals surface area (Å²) in [7, 11) is 9.39. The van der Waals surface area contributed by atoms with Crippen LogP contribution in [0.5, 0.6) is 11.5 Å². The molecule has 2 aliphatic heterocycles. The monoisotopic (exact) mass is 1170 g/mol. The standard InChI is InChI=1S/C46H52I2N4O8S4/c1-49-39(55)45(27-53)51(3)41(57)43(47,61-37(63-45)33-17-21-35(59-5)22-18-33)25-31-13-9-29(10-14-31)7-8-30-11-15-32(16-12-30)26-44(48)42(58)52(4)46(28-54,40(56)50-2)64-38(62-44)34-19-23-36(60-6)24-20-34/h9-24,37-38,53-54H,7-8,25-28H2,1-6H3,(H,49,55)(H,50,56). The molecular weight excluding hydrogens is 1120 g/mol. The van der Waals surface area contributed by atoms with Crippen LogP contribution in [-0.4, -0.2) is 115 Å². The van der Waals surface area contributed by atoms with Crippen molar-refractivity contribution < 1.29 is 38.9 Å². The maximum Gasteiger partial charge on any atom is 0.258 e. The predicted octanol–water partition coefficient (Wildman–Crippen LogP) is 6.98. The summed E-state index contributed by atoms with van der Waals surface area (Å²) in [5.74, 6) is -0.0221. The Morgan fingerprint density at radius 2 is 0.891 bits per heavy atom. The molecule has 2 heterocycles. The first kappa shape index (κ1) is 50.6. The molecule has 6 unspecified atom stereocenters. The second-order valence-electron chi connectivity index (χ2n) is 15.4. The Morgan fingerprint density at radius 1 is 0.578 bits per heavy atom. The lowest BCUT2D eigenvalue weighted by Gasteiger charge is -2.38. The Balaban J connectivity index is 1.15. The van der Waals surface area contributed by atoms with E-state index in [9.17, 15) is 29.4 Å². The number of hydrogen-bond donors (Lipinski definition) is 4. The highest BCUT2D eigenvalue weighted by Crippen LogP contribution is 2.60. The number of ether oxygens (including phenoxy) is 2. The van der Waals surface area contributed by atoms with Crippen molar-refractivity contribution >= 4 is 116 Å². The number of hydrogen-bond acceptors (Lipinski definition) is 12. The van der Waals surface area contributed by atoms with Gasteiger partial charge in [0.05, 0.1) is 36.6 Å². The molecule has 0 bridgehead atoms. The van der Waals surface area contributed by atoms with E-state index in [0.717, 1.165) is 46.2 Å². The third-order valence-electron chi connectivity index (χ3n) is 11.5. The lowest BCUT2D eigenvalue weighted by molar-refractivity contribution is -0.142. The Kier molecular flexibility index (Phi) is 16.9. The topological polar surface area (TPSA) is 158 Å². The molecule has 64 heavy (non-hydrogen) atoms. The van der Waals surface area contributed by atoms with E-state index in [0.29, 0.717) is 24.3 Å². The van der Waals surface area contributed by atoms with Gasteiger partial charge in [0.1, 0.15) is 11.5 Å². The maximum absolute atomic E-state index is 14.4. The summed E-state index contributed by atoms with van der Waals surface area (Å²) in [6, 6.07) is 31.7. The summed E-state index contributed by atoms with van der Waals surface area (Å²) < 4.78 is 8.03. The number of thioether (sulfide) groups is 4. The number of likely N-dealkylation sites (N-methyl/N-ethyl adjacent to an activating group) is 4. The third kappa shape index (κ3) is 10.5. The first-order valence-corrected chi connectivity index (χ1v) is 26.0. The SMILES string of the molecule is CNC(=O)C1(CO)SC(c2ccc(OC)cc2)SC(I)(Cc2ccc(CCc3ccc(CC4(I)SC(c5ccc(OC)cc5)SC(CO)(C(=O)NC)N(C)C4=O)cc3)cc2)C(=O)N1C. The first-order valence-electron chi connectivity index (χ1n) is 20.3.